The molecule has 0 amide bonds. The molecule has 8 aromatic carbocycles. The molecule has 0 aliphatic carbocycles. The van der Waals surface area contributed by atoms with Crippen molar-refractivity contribution in [1.29, 1.82) is 0 Å². The highest BCUT2D eigenvalue weighted by Gasteiger charge is 2.21. The Morgan fingerprint density at radius 3 is 1.38 bits per heavy atom. The largest absolute Gasteiger partial charge is 0.228 e. The lowest BCUT2D eigenvalue weighted by Gasteiger charge is -2.17. The summed E-state index contributed by atoms with van der Waals surface area (Å²) in [6, 6.07) is 69.6. The number of aromatic nitrogens is 2. The predicted octanol–water partition coefficient (Wildman–Crippen LogP) is 15.2. The van der Waals surface area contributed by atoms with Crippen LogP contribution in [0, 0.1) is 0 Å². The van der Waals surface area contributed by atoms with Crippen LogP contribution in [0.15, 0.2) is 194 Å². The Labute approximate surface area is 332 Å². The lowest BCUT2D eigenvalue weighted by atomic mass is 9.89. The van der Waals surface area contributed by atoms with Crippen molar-refractivity contribution in [2.75, 3.05) is 0 Å². The lowest BCUT2D eigenvalue weighted by Crippen LogP contribution is -1.99. The third kappa shape index (κ3) is 5.53. The molecule has 0 fully saturated rings. The fourth-order valence-electron chi connectivity index (χ4n) is 8.13. The van der Waals surface area contributed by atoms with Crippen LogP contribution in [0.5, 0.6) is 0 Å². The quantitative estimate of drug-likeness (QED) is 0.169. The number of nitrogens with zero attached hydrogens (tertiary/aromatic N) is 2. The van der Waals surface area contributed by atoms with Crippen LogP contribution >= 0.6 is 22.7 Å². The van der Waals surface area contributed by atoms with E-state index in [1.165, 1.54) is 51.5 Å². The van der Waals surface area contributed by atoms with Crippen LogP contribution in [0.2, 0.25) is 0 Å². The molecular weight excluding hydrogens is 717 g/mol. The Balaban J connectivity index is 1.19. The number of fused-ring (bicyclic) bond motifs is 6. The summed E-state index contributed by atoms with van der Waals surface area (Å²) in [6.07, 6.45) is 0. The van der Waals surface area contributed by atoms with Gasteiger partial charge in [-0.15, -0.1) is 22.7 Å². The Kier molecular flexibility index (Phi) is 7.90. The van der Waals surface area contributed by atoms with Crippen molar-refractivity contribution >= 4 is 63.0 Å². The van der Waals surface area contributed by atoms with Crippen molar-refractivity contribution in [2.24, 2.45) is 0 Å². The van der Waals surface area contributed by atoms with Gasteiger partial charge in [0.05, 0.1) is 11.4 Å². The van der Waals surface area contributed by atoms with Crippen LogP contribution in [0.3, 0.4) is 0 Å². The summed E-state index contributed by atoms with van der Waals surface area (Å²) in [6.45, 7) is 0. The van der Waals surface area contributed by atoms with Gasteiger partial charge in [0, 0.05) is 62.6 Å². The van der Waals surface area contributed by atoms with Crippen LogP contribution < -0.4 is 0 Å². The van der Waals surface area contributed by atoms with Crippen molar-refractivity contribution in [1.82, 2.24) is 9.97 Å². The second kappa shape index (κ2) is 13.5. The molecular formula is C52H32N2S2. The third-order valence-corrected chi connectivity index (χ3v) is 13.2. The summed E-state index contributed by atoms with van der Waals surface area (Å²) in [5, 5.41) is 5.05. The van der Waals surface area contributed by atoms with Gasteiger partial charge in [-0.1, -0.05) is 170 Å². The SMILES string of the molecule is c1ccc(-c2cccc(-c3cccc(-c4nc(-c5cccc6c5sc5ccccc56)cc(-c5cccc6c5sc5ccccc56)n4)c3-c3ccccc3)c2)cc1. The second-order valence-electron chi connectivity index (χ2n) is 14.1. The van der Waals surface area contributed by atoms with E-state index in [0.29, 0.717) is 5.82 Å². The average molecular weight is 749 g/mol. The maximum atomic E-state index is 5.53. The molecule has 4 heteroatoms. The smallest absolute Gasteiger partial charge is 0.161 e. The molecule has 0 aliphatic rings. The van der Waals surface area contributed by atoms with Gasteiger partial charge in [0.15, 0.2) is 5.82 Å². The average Bonchev–Trinajstić information content (AvgIpc) is 3.85. The highest BCUT2D eigenvalue weighted by atomic mass is 32.1. The number of hydrogen-bond acceptors (Lipinski definition) is 4. The first-order chi connectivity index (χ1) is 27.8. The fraction of sp³-hybridized carbons (Fsp3) is 0. The van der Waals surface area contributed by atoms with Crippen molar-refractivity contribution in [3.05, 3.63) is 194 Å². The number of hydrogen-bond donors (Lipinski definition) is 0. The maximum absolute atomic E-state index is 5.53. The molecule has 2 nitrogen and oxygen atoms in total. The monoisotopic (exact) mass is 748 g/mol. The Hall–Kier alpha value is -6.72. The van der Waals surface area contributed by atoms with Crippen LogP contribution in [-0.4, -0.2) is 9.97 Å². The van der Waals surface area contributed by atoms with E-state index in [-0.39, 0.29) is 0 Å². The first kappa shape index (κ1) is 32.7. The van der Waals surface area contributed by atoms with E-state index in [2.05, 4.69) is 194 Å². The second-order valence-corrected chi connectivity index (χ2v) is 16.2. The van der Waals surface area contributed by atoms with E-state index in [0.717, 1.165) is 50.3 Å². The van der Waals surface area contributed by atoms with E-state index in [9.17, 15) is 0 Å². The molecule has 262 valence electrons. The summed E-state index contributed by atoms with van der Waals surface area (Å²) in [7, 11) is 0. The molecule has 0 atom stereocenters. The zero-order valence-corrected chi connectivity index (χ0v) is 31.8. The van der Waals surface area contributed by atoms with Gasteiger partial charge >= 0.3 is 0 Å². The number of rotatable bonds is 6. The van der Waals surface area contributed by atoms with Gasteiger partial charge in [-0.05, 0) is 52.1 Å². The molecule has 0 saturated heterocycles. The summed E-state index contributed by atoms with van der Waals surface area (Å²) >= 11 is 3.67. The minimum atomic E-state index is 0.702. The first-order valence-corrected chi connectivity index (χ1v) is 20.5. The zero-order chi connectivity index (χ0) is 37.0. The molecule has 0 N–H and O–H groups in total. The molecule has 0 radical (unpaired) electrons. The number of thiophene rings is 2. The lowest BCUT2D eigenvalue weighted by molar-refractivity contribution is 1.19. The zero-order valence-electron chi connectivity index (χ0n) is 30.2. The minimum Gasteiger partial charge on any atom is -0.228 e. The van der Waals surface area contributed by atoms with Crippen molar-refractivity contribution in [3.63, 3.8) is 0 Å². The van der Waals surface area contributed by atoms with Crippen molar-refractivity contribution in [2.45, 2.75) is 0 Å². The van der Waals surface area contributed by atoms with E-state index in [4.69, 9.17) is 9.97 Å². The standard InChI is InChI=1S/C52H32N2S2/c1-3-15-33(16-4-1)35-19-11-20-36(31-35)37-23-12-28-44(49(37)34-17-5-2-6-18-34)52-53-45(42-26-13-24-40-38-21-7-9-29-47(38)55-50(40)42)32-46(54-52)43-27-14-25-41-39-22-8-10-30-48(39)56-51(41)43/h1-32H. The Morgan fingerprint density at radius 2 is 0.750 bits per heavy atom. The van der Waals surface area contributed by atoms with Crippen molar-refractivity contribution < 1.29 is 0 Å². The van der Waals surface area contributed by atoms with E-state index < -0.39 is 0 Å². The first-order valence-electron chi connectivity index (χ1n) is 18.8. The van der Waals surface area contributed by atoms with Gasteiger partial charge in [0.2, 0.25) is 0 Å². The van der Waals surface area contributed by atoms with E-state index in [1.807, 2.05) is 22.7 Å². The van der Waals surface area contributed by atoms with Gasteiger partial charge in [-0.25, -0.2) is 9.97 Å². The molecule has 11 rings (SSSR count). The molecule has 56 heavy (non-hydrogen) atoms. The molecule has 0 spiro atoms. The molecule has 3 aromatic heterocycles. The van der Waals surface area contributed by atoms with Crippen LogP contribution in [0.4, 0.5) is 0 Å². The highest BCUT2D eigenvalue weighted by Crippen LogP contribution is 2.45. The third-order valence-electron chi connectivity index (χ3n) is 10.7. The minimum absolute atomic E-state index is 0.702. The summed E-state index contributed by atoms with van der Waals surface area (Å²) in [5.41, 5.74) is 11.9. The topological polar surface area (TPSA) is 25.8 Å². The van der Waals surface area contributed by atoms with Gasteiger partial charge in [-0.3, -0.25) is 0 Å². The predicted molar refractivity (Wildman–Crippen MR) is 240 cm³/mol. The molecule has 0 saturated carbocycles. The van der Waals surface area contributed by atoms with Gasteiger partial charge < -0.3 is 0 Å². The fourth-order valence-corrected chi connectivity index (χ4v) is 10.6. The summed E-state index contributed by atoms with van der Waals surface area (Å²) in [5.74, 6) is 0.702. The summed E-state index contributed by atoms with van der Waals surface area (Å²) < 4.78 is 5.02. The molecule has 3 heterocycles. The molecule has 0 aliphatic heterocycles. The molecule has 11 aromatic rings. The van der Waals surface area contributed by atoms with Gasteiger partial charge in [0.1, 0.15) is 0 Å². The Bertz CT molecular complexity index is 3120. The van der Waals surface area contributed by atoms with Crippen molar-refractivity contribution in [3.8, 4) is 67.3 Å². The summed E-state index contributed by atoms with van der Waals surface area (Å²) in [4.78, 5) is 11.1. The number of benzene rings is 8. The van der Waals surface area contributed by atoms with Crippen LogP contribution in [-0.2, 0) is 0 Å². The maximum Gasteiger partial charge on any atom is 0.161 e. The van der Waals surface area contributed by atoms with Crippen LogP contribution in [0.1, 0.15) is 0 Å². The molecule has 0 bridgehead atoms. The highest BCUT2D eigenvalue weighted by molar-refractivity contribution is 7.26. The normalized spacial score (nSPS) is 11.6. The van der Waals surface area contributed by atoms with E-state index >= 15 is 0 Å². The van der Waals surface area contributed by atoms with E-state index in [1.54, 1.807) is 0 Å². The van der Waals surface area contributed by atoms with Gasteiger partial charge in [0.25, 0.3) is 0 Å². The Morgan fingerprint density at radius 1 is 0.304 bits per heavy atom. The van der Waals surface area contributed by atoms with Gasteiger partial charge in [-0.2, -0.15) is 0 Å². The van der Waals surface area contributed by atoms with Crippen LogP contribution in [0.25, 0.3) is 108 Å². The molecule has 0 unspecified atom stereocenters.